The van der Waals surface area contributed by atoms with E-state index in [0.29, 0.717) is 6.42 Å². The molecule has 21 heavy (non-hydrogen) atoms. The van der Waals surface area contributed by atoms with E-state index in [1.807, 2.05) is 0 Å². The number of rotatable bonds is 4. The highest BCUT2D eigenvalue weighted by atomic mass is 35.5. The van der Waals surface area contributed by atoms with Crippen molar-refractivity contribution in [3.8, 4) is 0 Å². The second-order valence-electron chi connectivity index (χ2n) is 4.89. The molecule has 0 aliphatic carbocycles. The topological polar surface area (TPSA) is 114 Å². The summed E-state index contributed by atoms with van der Waals surface area (Å²) in [5.41, 5.74) is 5.99. The molecule has 1 aromatic heterocycles. The molecule has 1 unspecified atom stereocenters. The SMILES string of the molecule is Nc1cnc(Cl)c(C(=O)N(CCO)C2CCS(=O)(=O)C2)c1. The normalized spacial score (nSPS) is 20.4. The van der Waals surface area contributed by atoms with Crippen LogP contribution < -0.4 is 5.73 Å². The first-order valence-electron chi connectivity index (χ1n) is 6.37. The van der Waals surface area contributed by atoms with Crippen molar-refractivity contribution in [3.05, 3.63) is 23.0 Å². The Labute approximate surface area is 127 Å². The van der Waals surface area contributed by atoms with Crippen molar-refractivity contribution in [1.82, 2.24) is 9.88 Å². The number of nitrogens with zero attached hydrogens (tertiary/aromatic N) is 2. The second-order valence-corrected chi connectivity index (χ2v) is 7.47. The minimum atomic E-state index is -3.14. The van der Waals surface area contributed by atoms with Gasteiger partial charge in [0.25, 0.3) is 5.91 Å². The van der Waals surface area contributed by atoms with E-state index in [9.17, 15) is 13.2 Å². The fourth-order valence-electron chi connectivity index (χ4n) is 2.35. The number of aliphatic hydroxyl groups excluding tert-OH is 1. The summed E-state index contributed by atoms with van der Waals surface area (Å²) in [5.74, 6) is -0.544. The third-order valence-electron chi connectivity index (χ3n) is 3.34. The minimum Gasteiger partial charge on any atom is -0.397 e. The Morgan fingerprint density at radius 1 is 1.57 bits per heavy atom. The van der Waals surface area contributed by atoms with Crippen molar-refractivity contribution in [1.29, 1.82) is 0 Å². The van der Waals surface area contributed by atoms with E-state index in [1.54, 1.807) is 0 Å². The number of hydrogen-bond donors (Lipinski definition) is 2. The standard InChI is InChI=1S/C12H16ClN3O4S/c13-11-10(5-8(14)6-15-11)12(18)16(2-3-17)9-1-4-21(19,20)7-9/h5-6,9,17H,1-4,7,14H2. The predicted molar refractivity (Wildman–Crippen MR) is 78.8 cm³/mol. The van der Waals surface area contributed by atoms with Crippen molar-refractivity contribution < 1.29 is 18.3 Å². The van der Waals surface area contributed by atoms with E-state index in [-0.39, 0.29) is 41.1 Å². The zero-order valence-electron chi connectivity index (χ0n) is 11.2. The number of anilines is 1. The Hall–Kier alpha value is -1.38. The maximum Gasteiger partial charge on any atom is 0.257 e. The van der Waals surface area contributed by atoms with Crippen LogP contribution in [0.15, 0.2) is 12.3 Å². The van der Waals surface area contributed by atoms with Crippen molar-refractivity contribution in [2.75, 3.05) is 30.4 Å². The highest BCUT2D eigenvalue weighted by Gasteiger charge is 2.35. The molecule has 0 aromatic carbocycles. The van der Waals surface area contributed by atoms with Crippen LogP contribution in [0.5, 0.6) is 0 Å². The quantitative estimate of drug-likeness (QED) is 0.746. The van der Waals surface area contributed by atoms with Gasteiger partial charge in [0, 0.05) is 12.6 Å². The van der Waals surface area contributed by atoms with Crippen LogP contribution in [0, 0.1) is 0 Å². The number of pyridine rings is 1. The minimum absolute atomic E-state index is 0.00186. The summed E-state index contributed by atoms with van der Waals surface area (Å²) in [4.78, 5) is 17.7. The van der Waals surface area contributed by atoms with E-state index in [2.05, 4.69) is 4.98 Å². The molecule has 1 amide bonds. The third kappa shape index (κ3) is 3.63. The van der Waals surface area contributed by atoms with Gasteiger partial charge in [0.05, 0.1) is 35.6 Å². The maximum absolute atomic E-state index is 12.5. The number of halogens is 1. The van der Waals surface area contributed by atoms with Crippen molar-refractivity contribution in [2.24, 2.45) is 0 Å². The van der Waals surface area contributed by atoms with Crippen LogP contribution in [0.4, 0.5) is 5.69 Å². The molecule has 0 saturated carbocycles. The lowest BCUT2D eigenvalue weighted by atomic mass is 10.1. The first-order chi connectivity index (χ1) is 9.84. The lowest BCUT2D eigenvalue weighted by molar-refractivity contribution is 0.0655. The van der Waals surface area contributed by atoms with Crippen LogP contribution in [0.3, 0.4) is 0 Å². The monoisotopic (exact) mass is 333 g/mol. The van der Waals surface area contributed by atoms with Gasteiger partial charge >= 0.3 is 0 Å². The zero-order chi connectivity index (χ0) is 15.6. The van der Waals surface area contributed by atoms with Gasteiger partial charge in [0.15, 0.2) is 9.84 Å². The number of aliphatic hydroxyl groups is 1. The van der Waals surface area contributed by atoms with E-state index < -0.39 is 21.8 Å². The van der Waals surface area contributed by atoms with E-state index in [4.69, 9.17) is 22.4 Å². The molecule has 7 nitrogen and oxygen atoms in total. The maximum atomic E-state index is 12.5. The number of sulfone groups is 1. The van der Waals surface area contributed by atoms with Gasteiger partial charge in [-0.3, -0.25) is 4.79 Å². The summed E-state index contributed by atoms with van der Waals surface area (Å²) in [7, 11) is -3.14. The lowest BCUT2D eigenvalue weighted by Crippen LogP contribution is -2.43. The molecule has 116 valence electrons. The Morgan fingerprint density at radius 3 is 2.86 bits per heavy atom. The summed E-state index contributed by atoms with van der Waals surface area (Å²) in [6.07, 6.45) is 1.68. The molecule has 1 atom stereocenters. The van der Waals surface area contributed by atoms with Crippen LogP contribution in [-0.4, -0.2) is 60.0 Å². The first-order valence-corrected chi connectivity index (χ1v) is 8.57. The largest absolute Gasteiger partial charge is 0.397 e. The summed E-state index contributed by atoms with van der Waals surface area (Å²) in [5, 5.41) is 9.13. The Kier molecular flexibility index (Phi) is 4.70. The van der Waals surface area contributed by atoms with Gasteiger partial charge in [-0.25, -0.2) is 13.4 Å². The third-order valence-corrected chi connectivity index (χ3v) is 5.39. The number of amides is 1. The van der Waals surface area contributed by atoms with E-state index in [1.165, 1.54) is 17.2 Å². The van der Waals surface area contributed by atoms with Crippen molar-refractivity contribution in [2.45, 2.75) is 12.5 Å². The van der Waals surface area contributed by atoms with Crippen LogP contribution in [0.2, 0.25) is 5.15 Å². The number of carbonyl (C=O) groups excluding carboxylic acids is 1. The number of hydrogen-bond acceptors (Lipinski definition) is 6. The van der Waals surface area contributed by atoms with Gasteiger partial charge in [-0.1, -0.05) is 11.6 Å². The summed E-state index contributed by atoms with van der Waals surface area (Å²) >= 11 is 5.90. The summed E-state index contributed by atoms with van der Waals surface area (Å²) in [6, 6.07) is 0.929. The fourth-order valence-corrected chi connectivity index (χ4v) is 4.26. The predicted octanol–water partition coefficient (Wildman–Crippen LogP) is -0.0612. The molecule has 1 aliphatic rings. The molecule has 1 saturated heterocycles. The molecule has 2 heterocycles. The Balaban J connectivity index is 2.30. The van der Waals surface area contributed by atoms with Gasteiger partial charge in [0.1, 0.15) is 5.15 Å². The molecule has 0 bridgehead atoms. The van der Waals surface area contributed by atoms with Crippen LogP contribution in [0.1, 0.15) is 16.8 Å². The molecule has 0 spiro atoms. The van der Waals surface area contributed by atoms with Crippen LogP contribution in [0.25, 0.3) is 0 Å². The molecule has 1 aromatic rings. The average molecular weight is 334 g/mol. The fraction of sp³-hybridized carbons (Fsp3) is 0.500. The first kappa shape index (κ1) is 16.0. The van der Waals surface area contributed by atoms with Crippen LogP contribution in [-0.2, 0) is 9.84 Å². The Morgan fingerprint density at radius 2 is 2.29 bits per heavy atom. The molecule has 0 radical (unpaired) electrons. The number of nitrogens with two attached hydrogens (primary N) is 1. The number of nitrogen functional groups attached to an aromatic ring is 1. The van der Waals surface area contributed by atoms with Crippen LogP contribution >= 0.6 is 11.6 Å². The van der Waals surface area contributed by atoms with Gasteiger partial charge in [-0.15, -0.1) is 0 Å². The molecular weight excluding hydrogens is 318 g/mol. The van der Waals surface area contributed by atoms with Crippen molar-refractivity contribution in [3.63, 3.8) is 0 Å². The molecule has 3 N–H and O–H groups in total. The Bertz CT molecular complexity index is 650. The van der Waals surface area contributed by atoms with E-state index in [0.717, 1.165) is 0 Å². The molecule has 2 rings (SSSR count). The van der Waals surface area contributed by atoms with Gasteiger partial charge in [0.2, 0.25) is 0 Å². The molecule has 9 heteroatoms. The zero-order valence-corrected chi connectivity index (χ0v) is 12.8. The summed E-state index contributed by atoms with van der Waals surface area (Å²) in [6.45, 7) is -0.236. The second kappa shape index (κ2) is 6.17. The lowest BCUT2D eigenvalue weighted by Gasteiger charge is -2.27. The average Bonchev–Trinajstić information content (AvgIpc) is 2.78. The number of carbonyl (C=O) groups is 1. The highest BCUT2D eigenvalue weighted by Crippen LogP contribution is 2.23. The van der Waals surface area contributed by atoms with Gasteiger partial charge in [-0.05, 0) is 12.5 Å². The summed E-state index contributed by atoms with van der Waals surface area (Å²) < 4.78 is 23.1. The highest BCUT2D eigenvalue weighted by molar-refractivity contribution is 7.91. The van der Waals surface area contributed by atoms with Gasteiger partial charge in [-0.2, -0.15) is 0 Å². The van der Waals surface area contributed by atoms with E-state index >= 15 is 0 Å². The van der Waals surface area contributed by atoms with Gasteiger partial charge < -0.3 is 15.7 Å². The van der Waals surface area contributed by atoms with Crippen molar-refractivity contribution >= 4 is 33.0 Å². The molecule has 1 fully saturated rings. The molecular formula is C12H16ClN3O4S. The number of aromatic nitrogens is 1. The smallest absolute Gasteiger partial charge is 0.257 e. The molecule has 1 aliphatic heterocycles.